The van der Waals surface area contributed by atoms with Crippen molar-refractivity contribution < 1.29 is 4.79 Å². The molecule has 0 fully saturated rings. The van der Waals surface area contributed by atoms with Crippen molar-refractivity contribution in [1.82, 2.24) is 9.97 Å². The predicted octanol–water partition coefficient (Wildman–Crippen LogP) is 4.65. The van der Waals surface area contributed by atoms with E-state index in [2.05, 4.69) is 35.2 Å². The maximum Gasteiger partial charge on any atom is 0.224 e. The number of aryl methyl sites for hydroxylation is 1. The Balaban J connectivity index is 1.51. The highest BCUT2D eigenvalue weighted by Crippen LogP contribution is 2.19. The molecule has 0 aliphatic carbocycles. The summed E-state index contributed by atoms with van der Waals surface area (Å²) in [5, 5.41) is 2.98. The molecule has 3 aromatic rings. The minimum Gasteiger partial charge on any atom is -0.342 e. The lowest BCUT2D eigenvalue weighted by molar-refractivity contribution is -0.116. The van der Waals surface area contributed by atoms with E-state index in [0.29, 0.717) is 12.3 Å². The molecule has 0 aliphatic rings. The van der Waals surface area contributed by atoms with Crippen LogP contribution in [0.1, 0.15) is 44.0 Å². The van der Waals surface area contributed by atoms with Gasteiger partial charge >= 0.3 is 0 Å². The fourth-order valence-electron chi connectivity index (χ4n) is 2.74. The number of H-pyrrole nitrogens is 1. The van der Waals surface area contributed by atoms with Crippen LogP contribution in [-0.2, 0) is 11.2 Å². The highest BCUT2D eigenvalue weighted by atomic mass is 16.1. The van der Waals surface area contributed by atoms with Gasteiger partial charge in [-0.2, -0.15) is 0 Å². The lowest BCUT2D eigenvalue weighted by Gasteiger charge is -2.09. The average Bonchev–Trinajstić information content (AvgIpc) is 2.97. The van der Waals surface area contributed by atoms with Gasteiger partial charge in [-0.05, 0) is 42.2 Å². The molecule has 0 aliphatic heterocycles. The van der Waals surface area contributed by atoms with Gasteiger partial charge in [0.05, 0.1) is 11.0 Å². The van der Waals surface area contributed by atoms with Crippen LogP contribution < -0.4 is 5.32 Å². The summed E-state index contributed by atoms with van der Waals surface area (Å²) in [6.45, 7) is 4.29. The zero-order valence-corrected chi connectivity index (χ0v) is 14.2. The number of hydrogen-bond donors (Lipinski definition) is 2. The normalized spacial score (nSPS) is 11.1. The lowest BCUT2D eigenvalue weighted by atomic mass is 10.0. The SMILES string of the molecule is CC(C)c1cccc(NC(=O)CCCc2nc3ccccc3[nH]2)c1. The van der Waals surface area contributed by atoms with Gasteiger partial charge in [-0.1, -0.05) is 38.1 Å². The van der Waals surface area contributed by atoms with Gasteiger partial charge < -0.3 is 10.3 Å². The minimum absolute atomic E-state index is 0.0482. The molecule has 1 amide bonds. The molecule has 2 N–H and O–H groups in total. The number of amides is 1. The van der Waals surface area contributed by atoms with Crippen molar-refractivity contribution in [3.8, 4) is 0 Å². The van der Waals surface area contributed by atoms with Gasteiger partial charge in [0, 0.05) is 18.5 Å². The first-order chi connectivity index (χ1) is 11.6. The maximum atomic E-state index is 12.1. The van der Waals surface area contributed by atoms with Gasteiger partial charge in [-0.15, -0.1) is 0 Å². The molecule has 0 bridgehead atoms. The molecule has 0 saturated carbocycles. The number of nitrogens with one attached hydrogen (secondary N) is 2. The van der Waals surface area contributed by atoms with E-state index >= 15 is 0 Å². The molecule has 0 radical (unpaired) electrons. The number of rotatable bonds is 6. The van der Waals surface area contributed by atoms with Crippen LogP contribution in [0.4, 0.5) is 5.69 Å². The van der Waals surface area contributed by atoms with Crippen molar-refractivity contribution in [2.75, 3.05) is 5.32 Å². The number of aromatic amines is 1. The first kappa shape index (κ1) is 16.2. The number of imidazole rings is 1. The van der Waals surface area contributed by atoms with Crippen LogP contribution in [-0.4, -0.2) is 15.9 Å². The first-order valence-corrected chi connectivity index (χ1v) is 8.45. The number of nitrogens with zero attached hydrogens (tertiary/aromatic N) is 1. The summed E-state index contributed by atoms with van der Waals surface area (Å²) in [6.07, 6.45) is 2.03. The third-order valence-corrected chi connectivity index (χ3v) is 4.09. The average molecular weight is 321 g/mol. The molecular formula is C20H23N3O. The molecule has 0 saturated heterocycles. The van der Waals surface area contributed by atoms with E-state index in [1.807, 2.05) is 42.5 Å². The summed E-state index contributed by atoms with van der Waals surface area (Å²) in [6, 6.07) is 16.0. The first-order valence-electron chi connectivity index (χ1n) is 8.45. The number of carbonyl (C=O) groups is 1. The largest absolute Gasteiger partial charge is 0.342 e. The monoisotopic (exact) mass is 321 g/mol. The number of aromatic nitrogens is 2. The predicted molar refractivity (Wildman–Crippen MR) is 98.2 cm³/mol. The second-order valence-electron chi connectivity index (χ2n) is 6.38. The second kappa shape index (κ2) is 7.30. The Kier molecular flexibility index (Phi) is 4.94. The standard InChI is InChI=1S/C20H23N3O/c1-14(2)15-7-5-8-16(13-15)21-20(24)12-6-11-19-22-17-9-3-4-10-18(17)23-19/h3-5,7-10,13-14H,6,11-12H2,1-2H3,(H,21,24)(H,22,23). The molecule has 0 spiro atoms. The van der Waals surface area contributed by atoms with Crippen LogP contribution in [0.3, 0.4) is 0 Å². The van der Waals surface area contributed by atoms with Crippen molar-refractivity contribution in [2.45, 2.75) is 39.0 Å². The van der Waals surface area contributed by atoms with E-state index < -0.39 is 0 Å². The molecule has 3 rings (SSSR count). The third kappa shape index (κ3) is 4.02. The fraction of sp³-hybridized carbons (Fsp3) is 0.300. The van der Waals surface area contributed by atoms with Crippen molar-refractivity contribution in [2.24, 2.45) is 0 Å². The minimum atomic E-state index is 0.0482. The van der Waals surface area contributed by atoms with E-state index in [-0.39, 0.29) is 5.91 Å². The molecule has 1 heterocycles. The van der Waals surface area contributed by atoms with Gasteiger partial charge in [0.15, 0.2) is 0 Å². The highest BCUT2D eigenvalue weighted by molar-refractivity contribution is 5.90. The third-order valence-electron chi connectivity index (χ3n) is 4.09. The zero-order chi connectivity index (χ0) is 16.9. The number of benzene rings is 2. The molecular weight excluding hydrogens is 298 g/mol. The highest BCUT2D eigenvalue weighted by Gasteiger charge is 2.07. The summed E-state index contributed by atoms with van der Waals surface area (Å²) in [4.78, 5) is 19.9. The summed E-state index contributed by atoms with van der Waals surface area (Å²) >= 11 is 0. The maximum absolute atomic E-state index is 12.1. The molecule has 0 atom stereocenters. The smallest absolute Gasteiger partial charge is 0.224 e. The van der Waals surface area contributed by atoms with Crippen molar-refractivity contribution >= 4 is 22.6 Å². The Labute approximate surface area is 142 Å². The number of fused-ring (bicyclic) bond motifs is 1. The number of carbonyl (C=O) groups excluding carboxylic acids is 1. The molecule has 2 aromatic carbocycles. The summed E-state index contributed by atoms with van der Waals surface area (Å²) < 4.78 is 0. The van der Waals surface area contributed by atoms with Gasteiger partial charge in [-0.3, -0.25) is 4.79 Å². The van der Waals surface area contributed by atoms with Crippen LogP contribution in [0.5, 0.6) is 0 Å². The molecule has 124 valence electrons. The summed E-state index contributed by atoms with van der Waals surface area (Å²) in [5.41, 5.74) is 4.12. The van der Waals surface area contributed by atoms with Gasteiger partial charge in [0.2, 0.25) is 5.91 Å². The van der Waals surface area contributed by atoms with E-state index in [0.717, 1.165) is 35.4 Å². The second-order valence-corrected chi connectivity index (χ2v) is 6.38. The zero-order valence-electron chi connectivity index (χ0n) is 14.2. The number of hydrogen-bond acceptors (Lipinski definition) is 2. The van der Waals surface area contributed by atoms with E-state index in [1.54, 1.807) is 0 Å². The Morgan fingerprint density at radius 3 is 2.79 bits per heavy atom. The van der Waals surface area contributed by atoms with Crippen molar-refractivity contribution in [3.05, 3.63) is 59.9 Å². The molecule has 4 heteroatoms. The topological polar surface area (TPSA) is 57.8 Å². The Morgan fingerprint density at radius 2 is 2.00 bits per heavy atom. The van der Waals surface area contributed by atoms with Crippen LogP contribution in [0.15, 0.2) is 48.5 Å². The van der Waals surface area contributed by atoms with Crippen molar-refractivity contribution in [3.63, 3.8) is 0 Å². The Morgan fingerprint density at radius 1 is 1.17 bits per heavy atom. The molecule has 24 heavy (non-hydrogen) atoms. The lowest BCUT2D eigenvalue weighted by Crippen LogP contribution is -2.11. The van der Waals surface area contributed by atoms with Crippen LogP contribution in [0, 0.1) is 0 Å². The van der Waals surface area contributed by atoms with Gasteiger partial charge in [0.25, 0.3) is 0 Å². The summed E-state index contributed by atoms with van der Waals surface area (Å²) in [7, 11) is 0. The summed E-state index contributed by atoms with van der Waals surface area (Å²) in [5.74, 6) is 1.44. The van der Waals surface area contributed by atoms with Gasteiger partial charge in [-0.25, -0.2) is 4.98 Å². The number of para-hydroxylation sites is 2. The quantitative estimate of drug-likeness (QED) is 0.694. The van der Waals surface area contributed by atoms with Crippen LogP contribution in [0.25, 0.3) is 11.0 Å². The van der Waals surface area contributed by atoms with Crippen LogP contribution >= 0.6 is 0 Å². The van der Waals surface area contributed by atoms with E-state index in [1.165, 1.54) is 5.56 Å². The molecule has 0 unspecified atom stereocenters. The van der Waals surface area contributed by atoms with Crippen LogP contribution in [0.2, 0.25) is 0 Å². The van der Waals surface area contributed by atoms with Gasteiger partial charge in [0.1, 0.15) is 5.82 Å². The van der Waals surface area contributed by atoms with E-state index in [9.17, 15) is 4.79 Å². The fourth-order valence-corrected chi connectivity index (χ4v) is 2.74. The van der Waals surface area contributed by atoms with Crippen molar-refractivity contribution in [1.29, 1.82) is 0 Å². The number of anilines is 1. The van der Waals surface area contributed by atoms with E-state index in [4.69, 9.17) is 0 Å². The Bertz CT molecular complexity index is 803. The Hall–Kier alpha value is -2.62. The molecule has 4 nitrogen and oxygen atoms in total. The molecule has 1 aromatic heterocycles.